The first-order valence-corrected chi connectivity index (χ1v) is 6.23. The van der Waals surface area contributed by atoms with E-state index < -0.39 is 0 Å². The van der Waals surface area contributed by atoms with E-state index >= 15 is 0 Å². The molecule has 0 aliphatic heterocycles. The lowest BCUT2D eigenvalue weighted by Gasteiger charge is -2.24. The van der Waals surface area contributed by atoms with Crippen molar-refractivity contribution in [3.63, 3.8) is 0 Å². The molecule has 0 saturated heterocycles. The Morgan fingerprint density at radius 1 is 1.00 bits per heavy atom. The van der Waals surface area contributed by atoms with Crippen LogP contribution in [0.5, 0.6) is 0 Å². The lowest BCUT2D eigenvalue weighted by Crippen LogP contribution is -2.22. The van der Waals surface area contributed by atoms with E-state index in [1.807, 2.05) is 0 Å². The summed E-state index contributed by atoms with van der Waals surface area (Å²) in [6.45, 7) is 4.14. The van der Waals surface area contributed by atoms with Crippen LogP contribution in [0.2, 0.25) is 0 Å². The first kappa shape index (κ1) is 10.4. The van der Waals surface area contributed by atoms with Gasteiger partial charge in [-0.15, -0.1) is 0 Å². The third kappa shape index (κ3) is 3.97. The number of nitrogens with one attached hydrogen (secondary N) is 1. The van der Waals surface area contributed by atoms with E-state index in [0.717, 1.165) is 31.6 Å². The van der Waals surface area contributed by atoms with Gasteiger partial charge >= 0.3 is 0 Å². The highest BCUT2D eigenvalue weighted by molar-refractivity contribution is 4.75. The van der Waals surface area contributed by atoms with Crippen LogP contribution in [-0.4, -0.2) is 26.3 Å². The van der Waals surface area contributed by atoms with Crippen LogP contribution < -0.4 is 5.32 Å². The van der Waals surface area contributed by atoms with Gasteiger partial charge in [0.15, 0.2) is 0 Å². The average Bonchev–Trinajstić information content (AvgIpc) is 2.90. The Kier molecular flexibility index (Phi) is 4.26. The summed E-state index contributed by atoms with van der Waals surface area (Å²) in [5.41, 5.74) is 0. The molecule has 0 heterocycles. The smallest absolute Gasteiger partial charge is 0.0590 e. The van der Waals surface area contributed by atoms with E-state index in [2.05, 4.69) is 5.32 Å². The zero-order chi connectivity index (χ0) is 9.64. The van der Waals surface area contributed by atoms with Crippen LogP contribution in [0.4, 0.5) is 0 Å². The Morgan fingerprint density at radius 2 is 1.86 bits per heavy atom. The molecule has 0 aromatic heterocycles. The number of ether oxygens (including phenoxy) is 1. The van der Waals surface area contributed by atoms with E-state index in [1.165, 1.54) is 45.1 Å². The molecule has 0 radical (unpaired) electrons. The molecule has 2 rings (SSSR count). The molecule has 0 spiro atoms. The van der Waals surface area contributed by atoms with E-state index in [9.17, 15) is 0 Å². The van der Waals surface area contributed by atoms with Crippen LogP contribution in [0.3, 0.4) is 0 Å². The van der Waals surface area contributed by atoms with Gasteiger partial charge in [-0.25, -0.2) is 0 Å². The third-order valence-electron chi connectivity index (χ3n) is 3.45. The zero-order valence-corrected chi connectivity index (χ0v) is 9.13. The monoisotopic (exact) mass is 197 g/mol. The minimum absolute atomic E-state index is 0.902. The van der Waals surface area contributed by atoms with Crippen LogP contribution >= 0.6 is 0 Å². The van der Waals surface area contributed by atoms with Gasteiger partial charge < -0.3 is 10.1 Å². The van der Waals surface area contributed by atoms with Gasteiger partial charge in [0, 0.05) is 13.2 Å². The highest BCUT2D eigenvalue weighted by Crippen LogP contribution is 2.29. The summed E-state index contributed by atoms with van der Waals surface area (Å²) in [6, 6.07) is 0. The number of rotatable bonds is 8. The topological polar surface area (TPSA) is 21.3 Å². The molecule has 0 aromatic rings. The molecule has 14 heavy (non-hydrogen) atoms. The summed E-state index contributed by atoms with van der Waals surface area (Å²) >= 11 is 0. The van der Waals surface area contributed by atoms with E-state index in [0.29, 0.717) is 0 Å². The molecule has 2 saturated carbocycles. The largest absolute Gasteiger partial charge is 0.380 e. The van der Waals surface area contributed by atoms with Gasteiger partial charge in [0.25, 0.3) is 0 Å². The zero-order valence-electron chi connectivity index (χ0n) is 9.13. The molecular weight excluding hydrogens is 174 g/mol. The molecule has 2 aliphatic carbocycles. The summed E-state index contributed by atoms with van der Waals surface area (Å²) in [4.78, 5) is 0. The molecule has 2 heteroatoms. The maximum Gasteiger partial charge on any atom is 0.0590 e. The SMILES string of the molecule is C1CC(CCOCCNCC2CC2)C1. The van der Waals surface area contributed by atoms with Crippen molar-refractivity contribution < 1.29 is 4.74 Å². The van der Waals surface area contributed by atoms with Crippen LogP contribution in [0.15, 0.2) is 0 Å². The summed E-state index contributed by atoms with van der Waals surface area (Å²) in [5, 5.41) is 3.44. The summed E-state index contributed by atoms with van der Waals surface area (Å²) in [7, 11) is 0. The van der Waals surface area contributed by atoms with Gasteiger partial charge in [-0.3, -0.25) is 0 Å². The standard InChI is InChI=1S/C12H23NO/c1-2-11(3-1)6-8-14-9-7-13-10-12-4-5-12/h11-13H,1-10H2. The van der Waals surface area contributed by atoms with E-state index in [-0.39, 0.29) is 0 Å². The van der Waals surface area contributed by atoms with Crippen molar-refractivity contribution in [1.29, 1.82) is 0 Å². The second kappa shape index (κ2) is 5.72. The Bertz CT molecular complexity index is 152. The summed E-state index contributed by atoms with van der Waals surface area (Å²) in [5.74, 6) is 1.99. The second-order valence-electron chi connectivity index (χ2n) is 4.85. The maximum absolute atomic E-state index is 5.58. The van der Waals surface area contributed by atoms with Gasteiger partial charge in [-0.05, 0) is 37.6 Å². The molecule has 0 amide bonds. The highest BCUT2D eigenvalue weighted by Gasteiger charge is 2.20. The molecule has 2 fully saturated rings. The van der Waals surface area contributed by atoms with Gasteiger partial charge in [0.05, 0.1) is 6.61 Å². The average molecular weight is 197 g/mol. The van der Waals surface area contributed by atoms with Crippen LogP contribution in [0.25, 0.3) is 0 Å². The normalized spacial score (nSPS) is 22.3. The van der Waals surface area contributed by atoms with Gasteiger partial charge in [-0.2, -0.15) is 0 Å². The Balaban J connectivity index is 1.29. The number of hydrogen-bond acceptors (Lipinski definition) is 2. The van der Waals surface area contributed by atoms with Gasteiger partial charge in [-0.1, -0.05) is 19.3 Å². The fraction of sp³-hybridized carbons (Fsp3) is 1.00. The first-order valence-electron chi connectivity index (χ1n) is 6.23. The second-order valence-corrected chi connectivity index (χ2v) is 4.85. The maximum atomic E-state index is 5.58. The van der Waals surface area contributed by atoms with E-state index in [4.69, 9.17) is 4.74 Å². The van der Waals surface area contributed by atoms with Crippen molar-refractivity contribution in [1.82, 2.24) is 5.32 Å². The van der Waals surface area contributed by atoms with Crippen LogP contribution in [0.1, 0.15) is 38.5 Å². The molecule has 0 bridgehead atoms. The van der Waals surface area contributed by atoms with Crippen molar-refractivity contribution in [3.8, 4) is 0 Å². The summed E-state index contributed by atoms with van der Waals surface area (Å²) < 4.78 is 5.58. The quantitative estimate of drug-likeness (QED) is 0.602. The third-order valence-corrected chi connectivity index (χ3v) is 3.45. The number of hydrogen-bond donors (Lipinski definition) is 1. The Hall–Kier alpha value is -0.0800. The molecule has 0 aromatic carbocycles. The van der Waals surface area contributed by atoms with Crippen LogP contribution in [0, 0.1) is 11.8 Å². The lowest BCUT2D eigenvalue weighted by atomic mass is 9.83. The molecule has 0 atom stereocenters. The first-order chi connectivity index (χ1) is 6.95. The predicted molar refractivity (Wildman–Crippen MR) is 58.4 cm³/mol. The predicted octanol–water partition coefficient (Wildman–Crippen LogP) is 2.19. The molecule has 2 nitrogen and oxygen atoms in total. The lowest BCUT2D eigenvalue weighted by molar-refractivity contribution is 0.108. The molecule has 82 valence electrons. The molecule has 0 unspecified atom stereocenters. The van der Waals surface area contributed by atoms with Crippen molar-refractivity contribution in [2.45, 2.75) is 38.5 Å². The fourth-order valence-electron chi connectivity index (χ4n) is 1.91. The molecule has 1 N–H and O–H groups in total. The minimum atomic E-state index is 0.902. The Labute approximate surface area is 87.4 Å². The molecular formula is C12H23NO. The molecule has 2 aliphatic rings. The summed E-state index contributed by atoms with van der Waals surface area (Å²) in [6.07, 6.45) is 8.52. The van der Waals surface area contributed by atoms with Crippen molar-refractivity contribution in [3.05, 3.63) is 0 Å². The van der Waals surface area contributed by atoms with E-state index in [1.54, 1.807) is 0 Å². The van der Waals surface area contributed by atoms with Crippen molar-refractivity contribution >= 4 is 0 Å². The van der Waals surface area contributed by atoms with Crippen LogP contribution in [-0.2, 0) is 4.74 Å². The van der Waals surface area contributed by atoms with Gasteiger partial charge in [0.2, 0.25) is 0 Å². The Morgan fingerprint density at radius 3 is 2.50 bits per heavy atom. The van der Waals surface area contributed by atoms with Crippen molar-refractivity contribution in [2.24, 2.45) is 11.8 Å². The van der Waals surface area contributed by atoms with Crippen molar-refractivity contribution in [2.75, 3.05) is 26.3 Å². The minimum Gasteiger partial charge on any atom is -0.380 e. The highest BCUT2D eigenvalue weighted by atomic mass is 16.5. The fourth-order valence-corrected chi connectivity index (χ4v) is 1.91. The van der Waals surface area contributed by atoms with Gasteiger partial charge in [0.1, 0.15) is 0 Å².